The van der Waals surface area contributed by atoms with Gasteiger partial charge in [-0.05, 0) is 36.2 Å². The Balaban J connectivity index is 1.91. The van der Waals surface area contributed by atoms with Gasteiger partial charge in [-0.15, -0.1) is 0 Å². The number of aromatic hydroxyl groups is 1. The molecule has 1 aliphatic heterocycles. The van der Waals surface area contributed by atoms with Crippen molar-refractivity contribution in [2.24, 2.45) is 16.6 Å². The predicted octanol–water partition coefficient (Wildman–Crippen LogP) is 3.29. The summed E-state index contributed by atoms with van der Waals surface area (Å²) in [6.45, 7) is 8.85. The molecule has 2 fully saturated rings. The third-order valence-corrected chi connectivity index (χ3v) is 5.37. The van der Waals surface area contributed by atoms with E-state index >= 15 is 0 Å². The highest BCUT2D eigenvalue weighted by molar-refractivity contribution is 5.35. The molecule has 3 atom stereocenters. The van der Waals surface area contributed by atoms with Crippen LogP contribution in [0.15, 0.2) is 24.3 Å². The Morgan fingerprint density at radius 2 is 2.00 bits per heavy atom. The van der Waals surface area contributed by atoms with Gasteiger partial charge < -0.3 is 10.8 Å². The van der Waals surface area contributed by atoms with E-state index in [1.165, 1.54) is 19.3 Å². The summed E-state index contributed by atoms with van der Waals surface area (Å²) >= 11 is 0. The average Bonchev–Trinajstić information content (AvgIpc) is 2.62. The van der Waals surface area contributed by atoms with Crippen molar-refractivity contribution in [3.63, 3.8) is 0 Å². The molecule has 3 N–H and O–H groups in total. The number of nitrogens with two attached hydrogens (primary N) is 1. The smallest absolute Gasteiger partial charge is 0.120 e. The summed E-state index contributed by atoms with van der Waals surface area (Å²) in [7, 11) is 0. The van der Waals surface area contributed by atoms with Crippen LogP contribution in [0.2, 0.25) is 0 Å². The van der Waals surface area contributed by atoms with Gasteiger partial charge in [0.05, 0.1) is 6.04 Å². The second-order valence-corrected chi connectivity index (χ2v) is 8.20. The lowest BCUT2D eigenvalue weighted by Crippen LogP contribution is -2.39. The molecule has 1 aliphatic carbocycles. The van der Waals surface area contributed by atoms with Gasteiger partial charge in [0.15, 0.2) is 0 Å². The highest BCUT2D eigenvalue weighted by atomic mass is 16.3. The van der Waals surface area contributed by atoms with Crippen molar-refractivity contribution in [2.75, 3.05) is 13.1 Å². The van der Waals surface area contributed by atoms with Crippen LogP contribution in [0, 0.1) is 10.8 Å². The van der Waals surface area contributed by atoms with Crippen LogP contribution in [0.5, 0.6) is 5.75 Å². The number of benzene rings is 1. The van der Waals surface area contributed by atoms with Crippen molar-refractivity contribution in [1.29, 1.82) is 0 Å². The zero-order valence-corrected chi connectivity index (χ0v) is 13.5. The molecule has 1 heterocycles. The third kappa shape index (κ3) is 2.69. The fourth-order valence-corrected chi connectivity index (χ4v) is 5.08. The molecule has 1 saturated carbocycles. The molecule has 3 nitrogen and oxygen atoms in total. The first-order chi connectivity index (χ1) is 9.84. The van der Waals surface area contributed by atoms with Crippen molar-refractivity contribution in [3.8, 4) is 5.75 Å². The van der Waals surface area contributed by atoms with Crippen LogP contribution in [0.3, 0.4) is 0 Å². The zero-order chi connectivity index (χ0) is 15.3. The van der Waals surface area contributed by atoms with Gasteiger partial charge >= 0.3 is 0 Å². The molecule has 1 aromatic carbocycles. The van der Waals surface area contributed by atoms with Crippen LogP contribution >= 0.6 is 0 Å². The van der Waals surface area contributed by atoms with E-state index in [9.17, 15) is 5.11 Å². The van der Waals surface area contributed by atoms with Gasteiger partial charge in [0, 0.05) is 24.7 Å². The second-order valence-electron chi connectivity index (χ2n) is 8.20. The molecule has 3 unspecified atom stereocenters. The first kappa shape index (κ1) is 14.9. The predicted molar refractivity (Wildman–Crippen MR) is 86.1 cm³/mol. The van der Waals surface area contributed by atoms with E-state index in [0.29, 0.717) is 29.2 Å². The maximum absolute atomic E-state index is 10.2. The van der Waals surface area contributed by atoms with Crippen LogP contribution in [-0.4, -0.2) is 29.1 Å². The standard InChI is InChI=1S/C18H28N2O/c1-17(2)8-13-9-18(3,11-17)12-20(13)15(10-19)14-6-4-5-7-16(14)21/h4-7,13,15,21H,8-12,19H2,1-3H3. The van der Waals surface area contributed by atoms with Gasteiger partial charge in [-0.1, -0.05) is 39.0 Å². The lowest BCUT2D eigenvalue weighted by Gasteiger charge is -2.40. The SMILES string of the molecule is CC1(C)CC2CC(C)(CN2C(CN)c2ccccc2O)C1. The quantitative estimate of drug-likeness (QED) is 0.897. The molecule has 1 aromatic rings. The lowest BCUT2D eigenvalue weighted by molar-refractivity contribution is 0.118. The van der Waals surface area contributed by atoms with E-state index in [2.05, 4.69) is 25.7 Å². The largest absolute Gasteiger partial charge is 0.508 e. The Morgan fingerprint density at radius 1 is 1.29 bits per heavy atom. The minimum Gasteiger partial charge on any atom is -0.508 e. The van der Waals surface area contributed by atoms with Crippen LogP contribution < -0.4 is 5.73 Å². The number of likely N-dealkylation sites (tertiary alicyclic amines) is 1. The Hall–Kier alpha value is -1.06. The van der Waals surface area contributed by atoms with Crippen molar-refractivity contribution >= 4 is 0 Å². The van der Waals surface area contributed by atoms with Gasteiger partial charge in [0.2, 0.25) is 0 Å². The normalized spacial score (nSPS) is 33.0. The summed E-state index contributed by atoms with van der Waals surface area (Å²) in [4.78, 5) is 2.56. The monoisotopic (exact) mass is 288 g/mol. The van der Waals surface area contributed by atoms with E-state index in [1.54, 1.807) is 6.07 Å². The second kappa shape index (κ2) is 4.99. The van der Waals surface area contributed by atoms with E-state index in [-0.39, 0.29) is 6.04 Å². The first-order valence-electron chi connectivity index (χ1n) is 8.07. The van der Waals surface area contributed by atoms with Gasteiger partial charge in [-0.2, -0.15) is 0 Å². The van der Waals surface area contributed by atoms with Gasteiger partial charge in [0.1, 0.15) is 5.75 Å². The molecular formula is C18H28N2O. The third-order valence-electron chi connectivity index (χ3n) is 5.37. The van der Waals surface area contributed by atoms with Gasteiger partial charge in [-0.25, -0.2) is 0 Å². The van der Waals surface area contributed by atoms with E-state index < -0.39 is 0 Å². The van der Waals surface area contributed by atoms with Crippen LogP contribution in [0.1, 0.15) is 51.6 Å². The molecule has 116 valence electrons. The number of nitrogens with zero attached hydrogens (tertiary/aromatic N) is 1. The summed E-state index contributed by atoms with van der Waals surface area (Å²) in [5.74, 6) is 0.374. The molecule has 2 aliphatic rings. The molecule has 0 aromatic heterocycles. The summed E-state index contributed by atoms with van der Waals surface area (Å²) in [5, 5.41) is 10.2. The Kier molecular flexibility index (Phi) is 3.53. The van der Waals surface area contributed by atoms with Crippen LogP contribution in [-0.2, 0) is 0 Å². The van der Waals surface area contributed by atoms with Crippen molar-refractivity contribution in [2.45, 2.75) is 52.1 Å². The fourth-order valence-electron chi connectivity index (χ4n) is 5.08. The van der Waals surface area contributed by atoms with Crippen LogP contribution in [0.25, 0.3) is 0 Å². The highest BCUT2D eigenvalue weighted by Crippen LogP contribution is 2.54. The molecule has 3 heteroatoms. The molecule has 0 amide bonds. The minimum absolute atomic E-state index is 0.131. The molecule has 0 spiro atoms. The Morgan fingerprint density at radius 3 is 2.67 bits per heavy atom. The maximum Gasteiger partial charge on any atom is 0.120 e. The topological polar surface area (TPSA) is 49.5 Å². The average molecular weight is 288 g/mol. The molecule has 2 bridgehead atoms. The fraction of sp³-hybridized carbons (Fsp3) is 0.667. The number of hydrogen-bond donors (Lipinski definition) is 2. The molecule has 21 heavy (non-hydrogen) atoms. The summed E-state index contributed by atoms with van der Waals surface area (Å²) in [5.41, 5.74) is 7.87. The maximum atomic E-state index is 10.2. The number of rotatable bonds is 3. The van der Waals surface area contributed by atoms with Crippen molar-refractivity contribution in [3.05, 3.63) is 29.8 Å². The molecule has 3 rings (SSSR count). The van der Waals surface area contributed by atoms with E-state index in [4.69, 9.17) is 5.73 Å². The van der Waals surface area contributed by atoms with Gasteiger partial charge in [0.25, 0.3) is 0 Å². The number of para-hydroxylation sites is 1. The molecule has 0 radical (unpaired) electrons. The minimum atomic E-state index is 0.131. The summed E-state index contributed by atoms with van der Waals surface area (Å²) < 4.78 is 0. The number of phenols is 1. The summed E-state index contributed by atoms with van der Waals surface area (Å²) in [6.07, 6.45) is 3.78. The number of fused-ring (bicyclic) bond motifs is 2. The molecule has 1 saturated heterocycles. The highest BCUT2D eigenvalue weighted by Gasteiger charge is 2.51. The Bertz CT molecular complexity index is 528. The molecular weight excluding hydrogens is 260 g/mol. The lowest BCUT2D eigenvalue weighted by atomic mass is 9.65. The van der Waals surface area contributed by atoms with E-state index in [0.717, 1.165) is 12.1 Å². The van der Waals surface area contributed by atoms with Crippen LogP contribution in [0.4, 0.5) is 0 Å². The van der Waals surface area contributed by atoms with E-state index in [1.807, 2.05) is 18.2 Å². The Labute approximate surface area is 128 Å². The van der Waals surface area contributed by atoms with Crippen molar-refractivity contribution < 1.29 is 5.11 Å². The first-order valence-corrected chi connectivity index (χ1v) is 8.07. The number of hydrogen-bond acceptors (Lipinski definition) is 3. The number of phenolic OH excluding ortho intramolecular Hbond substituents is 1. The van der Waals surface area contributed by atoms with Crippen molar-refractivity contribution in [1.82, 2.24) is 4.90 Å². The zero-order valence-electron chi connectivity index (χ0n) is 13.5. The van der Waals surface area contributed by atoms with Gasteiger partial charge in [-0.3, -0.25) is 4.90 Å². The summed E-state index contributed by atoms with van der Waals surface area (Å²) in [6, 6.07) is 8.37.